The Kier molecular flexibility index (Phi) is 3.93. The molecule has 0 bridgehead atoms. The second-order valence-electron chi connectivity index (χ2n) is 4.91. The molecule has 3 aromatic rings. The third kappa shape index (κ3) is 2.73. The molecule has 2 aromatic carbocycles. The topological polar surface area (TPSA) is 57.9 Å². The van der Waals surface area contributed by atoms with Gasteiger partial charge < -0.3 is 18.6 Å². The van der Waals surface area contributed by atoms with Gasteiger partial charge in [0.1, 0.15) is 22.8 Å². The summed E-state index contributed by atoms with van der Waals surface area (Å²) in [6.45, 7) is 0. The van der Waals surface area contributed by atoms with Gasteiger partial charge in [0.05, 0.1) is 21.3 Å². The molecule has 0 radical (unpaired) electrons. The Morgan fingerprint density at radius 2 is 1.48 bits per heavy atom. The van der Waals surface area contributed by atoms with Crippen molar-refractivity contribution < 1.29 is 18.6 Å². The van der Waals surface area contributed by atoms with E-state index in [1.165, 1.54) is 6.07 Å². The second kappa shape index (κ2) is 6.04. The Bertz CT molecular complexity index is 911. The quantitative estimate of drug-likeness (QED) is 0.690. The molecule has 1 heterocycles. The van der Waals surface area contributed by atoms with E-state index in [9.17, 15) is 4.79 Å². The molecular weight excluding hydrogens is 296 g/mol. The number of fused-ring (bicyclic) bond motifs is 1. The number of benzene rings is 2. The van der Waals surface area contributed by atoms with E-state index in [1.54, 1.807) is 39.5 Å². The summed E-state index contributed by atoms with van der Waals surface area (Å²) in [4.78, 5) is 11.9. The Morgan fingerprint density at radius 1 is 0.783 bits per heavy atom. The van der Waals surface area contributed by atoms with Crippen LogP contribution in [0, 0.1) is 0 Å². The van der Waals surface area contributed by atoms with Crippen molar-refractivity contribution >= 4 is 11.0 Å². The van der Waals surface area contributed by atoms with Crippen molar-refractivity contribution in [3.63, 3.8) is 0 Å². The van der Waals surface area contributed by atoms with Gasteiger partial charge >= 0.3 is 5.63 Å². The fraction of sp³-hybridized carbons (Fsp3) is 0.167. The first-order valence-electron chi connectivity index (χ1n) is 7.00. The van der Waals surface area contributed by atoms with Gasteiger partial charge in [-0.1, -0.05) is 0 Å². The molecule has 0 aliphatic heterocycles. The molecule has 0 unspecified atom stereocenters. The maximum Gasteiger partial charge on any atom is 0.336 e. The van der Waals surface area contributed by atoms with Crippen LogP contribution in [-0.2, 0) is 0 Å². The minimum absolute atomic E-state index is 0.421. The first-order chi connectivity index (χ1) is 11.2. The van der Waals surface area contributed by atoms with Crippen LogP contribution >= 0.6 is 0 Å². The summed E-state index contributed by atoms with van der Waals surface area (Å²) >= 11 is 0. The molecule has 1 aromatic heterocycles. The molecular formula is C18H16O5. The van der Waals surface area contributed by atoms with Crippen molar-refractivity contribution in [1.82, 2.24) is 0 Å². The lowest BCUT2D eigenvalue weighted by Crippen LogP contribution is -1.99. The minimum Gasteiger partial charge on any atom is -0.497 e. The summed E-state index contributed by atoms with van der Waals surface area (Å²) < 4.78 is 21.2. The molecule has 0 saturated carbocycles. The van der Waals surface area contributed by atoms with Crippen LogP contribution in [-0.4, -0.2) is 21.3 Å². The van der Waals surface area contributed by atoms with Crippen LogP contribution in [0.5, 0.6) is 17.2 Å². The molecule has 0 amide bonds. The molecule has 118 valence electrons. The highest BCUT2D eigenvalue weighted by Crippen LogP contribution is 2.37. The first kappa shape index (κ1) is 15.0. The fourth-order valence-corrected chi connectivity index (χ4v) is 2.51. The maximum absolute atomic E-state index is 11.9. The molecule has 0 aliphatic carbocycles. The normalized spacial score (nSPS) is 10.6. The Balaban J connectivity index is 2.32. The highest BCUT2D eigenvalue weighted by molar-refractivity contribution is 5.95. The molecule has 23 heavy (non-hydrogen) atoms. The van der Waals surface area contributed by atoms with Crippen molar-refractivity contribution in [2.45, 2.75) is 0 Å². The van der Waals surface area contributed by atoms with E-state index >= 15 is 0 Å². The van der Waals surface area contributed by atoms with Crippen LogP contribution in [0.1, 0.15) is 0 Å². The van der Waals surface area contributed by atoms with Gasteiger partial charge in [0, 0.05) is 28.6 Å². The summed E-state index contributed by atoms with van der Waals surface area (Å²) in [5.74, 6) is 1.97. The van der Waals surface area contributed by atoms with Gasteiger partial charge in [0.2, 0.25) is 0 Å². The molecule has 0 fully saturated rings. The van der Waals surface area contributed by atoms with E-state index in [2.05, 4.69) is 0 Å². The van der Waals surface area contributed by atoms with Gasteiger partial charge in [0.15, 0.2) is 0 Å². The summed E-state index contributed by atoms with van der Waals surface area (Å²) in [5, 5.41) is 0.771. The third-order valence-corrected chi connectivity index (χ3v) is 3.65. The van der Waals surface area contributed by atoms with E-state index in [0.29, 0.717) is 22.8 Å². The van der Waals surface area contributed by atoms with Crippen LogP contribution in [0.15, 0.2) is 51.7 Å². The van der Waals surface area contributed by atoms with E-state index in [-0.39, 0.29) is 0 Å². The highest BCUT2D eigenvalue weighted by atomic mass is 16.5. The summed E-state index contributed by atoms with van der Waals surface area (Å²) in [6, 6.07) is 12.2. The van der Waals surface area contributed by atoms with Crippen LogP contribution in [0.25, 0.3) is 22.1 Å². The Morgan fingerprint density at radius 3 is 2.17 bits per heavy atom. The molecule has 5 heteroatoms. The van der Waals surface area contributed by atoms with Gasteiger partial charge in [-0.3, -0.25) is 0 Å². The Labute approximate surface area is 133 Å². The lowest BCUT2D eigenvalue weighted by molar-refractivity contribution is 0.395. The summed E-state index contributed by atoms with van der Waals surface area (Å²) in [6.07, 6.45) is 0. The molecule has 5 nitrogen and oxygen atoms in total. The van der Waals surface area contributed by atoms with Crippen molar-refractivity contribution in [2.24, 2.45) is 0 Å². The number of rotatable bonds is 4. The number of ether oxygens (including phenoxy) is 3. The molecule has 3 rings (SSSR count). The average Bonchev–Trinajstić information content (AvgIpc) is 2.60. The van der Waals surface area contributed by atoms with Crippen LogP contribution in [0.4, 0.5) is 0 Å². The van der Waals surface area contributed by atoms with E-state index in [4.69, 9.17) is 18.6 Å². The predicted octanol–water partition coefficient (Wildman–Crippen LogP) is 3.49. The standard InChI is InChI=1S/C18H16O5/c1-20-11-5-7-16-15(8-11)14(10-18(19)23-16)13-6-4-12(21-2)9-17(13)22-3/h4-10H,1-3H3. The van der Waals surface area contributed by atoms with Crippen molar-refractivity contribution in [1.29, 1.82) is 0 Å². The summed E-state index contributed by atoms with van der Waals surface area (Å²) in [5.41, 5.74) is 1.57. The summed E-state index contributed by atoms with van der Waals surface area (Å²) in [7, 11) is 4.76. The second-order valence-corrected chi connectivity index (χ2v) is 4.91. The number of hydrogen-bond donors (Lipinski definition) is 0. The van der Waals surface area contributed by atoms with Crippen LogP contribution in [0.3, 0.4) is 0 Å². The molecule has 0 spiro atoms. The maximum atomic E-state index is 11.9. The van der Waals surface area contributed by atoms with Crippen LogP contribution in [0.2, 0.25) is 0 Å². The molecule has 0 aliphatic rings. The van der Waals surface area contributed by atoms with Gasteiger partial charge in [-0.25, -0.2) is 4.79 Å². The lowest BCUT2D eigenvalue weighted by atomic mass is 10.0. The van der Waals surface area contributed by atoms with Crippen molar-refractivity contribution in [3.8, 4) is 28.4 Å². The first-order valence-corrected chi connectivity index (χ1v) is 7.00. The number of methoxy groups -OCH3 is 3. The SMILES string of the molecule is COc1ccc(-c2cc(=O)oc3ccc(OC)cc23)c(OC)c1. The zero-order valence-corrected chi connectivity index (χ0v) is 13.1. The van der Waals surface area contributed by atoms with E-state index < -0.39 is 5.63 Å². The van der Waals surface area contributed by atoms with Gasteiger partial charge in [-0.05, 0) is 30.3 Å². The van der Waals surface area contributed by atoms with Gasteiger partial charge in [0.25, 0.3) is 0 Å². The molecule has 0 N–H and O–H groups in total. The smallest absolute Gasteiger partial charge is 0.336 e. The molecule has 0 atom stereocenters. The predicted molar refractivity (Wildman–Crippen MR) is 87.6 cm³/mol. The van der Waals surface area contributed by atoms with Gasteiger partial charge in [-0.15, -0.1) is 0 Å². The number of hydrogen-bond acceptors (Lipinski definition) is 5. The van der Waals surface area contributed by atoms with E-state index in [1.807, 2.05) is 18.2 Å². The average molecular weight is 312 g/mol. The van der Waals surface area contributed by atoms with Crippen molar-refractivity contribution in [3.05, 3.63) is 52.9 Å². The van der Waals surface area contributed by atoms with E-state index in [0.717, 1.165) is 16.5 Å². The minimum atomic E-state index is -0.421. The highest BCUT2D eigenvalue weighted by Gasteiger charge is 2.14. The zero-order valence-electron chi connectivity index (χ0n) is 13.1. The van der Waals surface area contributed by atoms with Crippen molar-refractivity contribution in [2.75, 3.05) is 21.3 Å². The monoisotopic (exact) mass is 312 g/mol. The van der Waals surface area contributed by atoms with Crippen LogP contribution < -0.4 is 19.8 Å². The zero-order chi connectivity index (χ0) is 16.4. The molecule has 0 saturated heterocycles. The lowest BCUT2D eigenvalue weighted by Gasteiger charge is -2.12. The Hall–Kier alpha value is -2.95. The largest absolute Gasteiger partial charge is 0.497 e. The fourth-order valence-electron chi connectivity index (χ4n) is 2.51. The third-order valence-electron chi connectivity index (χ3n) is 3.65. The van der Waals surface area contributed by atoms with Gasteiger partial charge in [-0.2, -0.15) is 0 Å².